The molecule has 2 heterocycles. The van der Waals surface area contributed by atoms with Crippen LogP contribution in [-0.2, 0) is 0 Å². The summed E-state index contributed by atoms with van der Waals surface area (Å²) < 4.78 is 0.781. The van der Waals surface area contributed by atoms with Crippen LogP contribution in [0.2, 0.25) is 4.34 Å². The van der Waals surface area contributed by atoms with Gasteiger partial charge in [0, 0.05) is 10.4 Å². The van der Waals surface area contributed by atoms with Crippen molar-refractivity contribution >= 4 is 34.6 Å². The molecule has 0 amide bonds. The van der Waals surface area contributed by atoms with Crippen molar-refractivity contribution in [3.05, 3.63) is 32.7 Å². The van der Waals surface area contributed by atoms with Gasteiger partial charge in [-0.2, -0.15) is 0 Å². The zero-order valence-corrected chi connectivity index (χ0v) is 12.6. The van der Waals surface area contributed by atoms with Crippen LogP contribution in [0.5, 0.6) is 0 Å². The van der Waals surface area contributed by atoms with Gasteiger partial charge in [0.1, 0.15) is 17.5 Å². The Hall–Kier alpha value is -1.37. The Balaban J connectivity index is 2.25. The van der Waals surface area contributed by atoms with Crippen molar-refractivity contribution in [3.63, 3.8) is 0 Å². The average molecular weight is 298 g/mol. The van der Waals surface area contributed by atoms with Crippen LogP contribution in [0.3, 0.4) is 0 Å². The van der Waals surface area contributed by atoms with Gasteiger partial charge in [-0.05, 0) is 32.9 Å². The van der Waals surface area contributed by atoms with Gasteiger partial charge in [-0.1, -0.05) is 11.6 Å². The third-order valence-corrected chi connectivity index (χ3v) is 4.18. The predicted molar refractivity (Wildman–Crippen MR) is 80.7 cm³/mol. The van der Waals surface area contributed by atoms with E-state index in [2.05, 4.69) is 27.6 Å². The molecular weight excluding hydrogens is 282 g/mol. The molecule has 2 rings (SSSR count). The van der Waals surface area contributed by atoms with E-state index in [-0.39, 0.29) is 6.04 Å². The SMILES string of the molecule is Cc1nc(NN)c(C)c(NC(C)c2ccc(Cl)s2)n1. The summed E-state index contributed by atoms with van der Waals surface area (Å²) in [6, 6.07) is 4.03. The summed E-state index contributed by atoms with van der Waals surface area (Å²) in [5.41, 5.74) is 3.48. The number of thiophene rings is 1. The minimum Gasteiger partial charge on any atom is -0.362 e. The summed E-state index contributed by atoms with van der Waals surface area (Å²) in [5.74, 6) is 7.52. The number of hydrogen-bond donors (Lipinski definition) is 3. The second-order valence-corrected chi connectivity index (χ2v) is 5.99. The Kier molecular flexibility index (Phi) is 4.24. The van der Waals surface area contributed by atoms with Crippen molar-refractivity contribution in [2.24, 2.45) is 5.84 Å². The van der Waals surface area contributed by atoms with Gasteiger partial charge in [-0.3, -0.25) is 0 Å². The number of nitrogens with one attached hydrogen (secondary N) is 2. The Labute approximate surface area is 121 Å². The maximum Gasteiger partial charge on any atom is 0.148 e. The van der Waals surface area contributed by atoms with E-state index in [0.29, 0.717) is 11.6 Å². The largest absolute Gasteiger partial charge is 0.362 e. The quantitative estimate of drug-likeness (QED) is 0.596. The molecule has 0 saturated heterocycles. The summed E-state index contributed by atoms with van der Waals surface area (Å²) in [6.45, 7) is 5.82. The fraction of sp³-hybridized carbons (Fsp3) is 0.333. The van der Waals surface area contributed by atoms with Gasteiger partial charge in [0.2, 0.25) is 0 Å². The lowest BCUT2D eigenvalue weighted by molar-refractivity contribution is 0.881. The van der Waals surface area contributed by atoms with Crippen LogP contribution in [0.15, 0.2) is 12.1 Å². The minimum atomic E-state index is 0.121. The van der Waals surface area contributed by atoms with Crippen molar-refractivity contribution in [2.75, 3.05) is 10.7 Å². The number of halogens is 1. The highest BCUT2D eigenvalue weighted by Crippen LogP contribution is 2.30. The van der Waals surface area contributed by atoms with Crippen LogP contribution in [0, 0.1) is 13.8 Å². The molecule has 19 heavy (non-hydrogen) atoms. The normalized spacial score (nSPS) is 12.3. The smallest absolute Gasteiger partial charge is 0.148 e. The molecule has 0 saturated carbocycles. The zero-order valence-electron chi connectivity index (χ0n) is 11.0. The lowest BCUT2D eigenvalue weighted by Crippen LogP contribution is -2.15. The van der Waals surface area contributed by atoms with E-state index in [4.69, 9.17) is 17.4 Å². The van der Waals surface area contributed by atoms with Crippen LogP contribution >= 0.6 is 22.9 Å². The van der Waals surface area contributed by atoms with Crippen LogP contribution in [0.4, 0.5) is 11.6 Å². The monoisotopic (exact) mass is 297 g/mol. The third kappa shape index (κ3) is 3.15. The molecule has 0 aliphatic carbocycles. The van der Waals surface area contributed by atoms with Crippen LogP contribution < -0.4 is 16.6 Å². The first kappa shape index (κ1) is 14.0. The summed E-state index contributed by atoms with van der Waals surface area (Å²) >= 11 is 7.50. The van der Waals surface area contributed by atoms with Crippen molar-refractivity contribution in [1.29, 1.82) is 0 Å². The number of hydrazine groups is 1. The van der Waals surface area contributed by atoms with Gasteiger partial charge in [0.25, 0.3) is 0 Å². The lowest BCUT2D eigenvalue weighted by Gasteiger charge is -2.16. The third-order valence-electron chi connectivity index (χ3n) is 2.77. The summed E-state index contributed by atoms with van der Waals surface area (Å²) in [4.78, 5) is 9.79. The average Bonchev–Trinajstić information content (AvgIpc) is 2.80. The molecule has 102 valence electrons. The maximum atomic E-state index is 5.95. The molecule has 0 radical (unpaired) electrons. The van der Waals surface area contributed by atoms with E-state index in [0.717, 1.165) is 20.6 Å². The van der Waals surface area contributed by atoms with Crippen molar-refractivity contribution in [1.82, 2.24) is 9.97 Å². The molecule has 0 aliphatic heterocycles. The van der Waals surface area contributed by atoms with E-state index in [9.17, 15) is 0 Å². The summed E-state index contributed by atoms with van der Waals surface area (Å²) in [7, 11) is 0. The fourth-order valence-electron chi connectivity index (χ4n) is 1.75. The first-order valence-corrected chi connectivity index (χ1v) is 7.04. The predicted octanol–water partition coefficient (Wildman–Crippen LogP) is 3.27. The Morgan fingerprint density at radius 3 is 2.53 bits per heavy atom. The molecule has 5 nitrogen and oxygen atoms in total. The number of rotatable bonds is 4. The summed E-state index contributed by atoms with van der Waals surface area (Å²) in [5, 5.41) is 3.36. The Morgan fingerprint density at radius 2 is 1.95 bits per heavy atom. The van der Waals surface area contributed by atoms with E-state index in [1.54, 1.807) is 11.3 Å². The first-order valence-electron chi connectivity index (χ1n) is 5.85. The fourth-order valence-corrected chi connectivity index (χ4v) is 2.81. The van der Waals surface area contributed by atoms with Crippen LogP contribution in [0.1, 0.15) is 29.2 Å². The van der Waals surface area contributed by atoms with E-state index >= 15 is 0 Å². The standard InChI is InChI=1S/C12H16ClN5S/c1-6-11(16-8(3)17-12(6)18-14)15-7(2)9-4-5-10(13)19-9/h4-5,7H,14H2,1-3H3,(H2,15,16,17,18). The second-order valence-electron chi connectivity index (χ2n) is 4.25. The topological polar surface area (TPSA) is 75.9 Å². The number of nitrogens with zero attached hydrogens (tertiary/aromatic N) is 2. The van der Waals surface area contributed by atoms with Crippen LogP contribution in [0.25, 0.3) is 0 Å². The zero-order chi connectivity index (χ0) is 14.0. The van der Waals surface area contributed by atoms with Gasteiger partial charge in [-0.15, -0.1) is 11.3 Å². The second kappa shape index (κ2) is 5.73. The number of hydrogen-bond acceptors (Lipinski definition) is 6. The molecular formula is C12H16ClN5S. The maximum absolute atomic E-state index is 5.95. The lowest BCUT2D eigenvalue weighted by atomic mass is 10.2. The molecule has 0 aliphatic rings. The van der Waals surface area contributed by atoms with Gasteiger partial charge in [0.05, 0.1) is 10.4 Å². The molecule has 0 bridgehead atoms. The molecule has 0 fully saturated rings. The molecule has 2 aromatic rings. The van der Waals surface area contributed by atoms with E-state index < -0.39 is 0 Å². The molecule has 0 spiro atoms. The molecule has 2 aromatic heterocycles. The highest BCUT2D eigenvalue weighted by molar-refractivity contribution is 7.16. The van der Waals surface area contributed by atoms with Crippen LogP contribution in [-0.4, -0.2) is 9.97 Å². The van der Waals surface area contributed by atoms with E-state index in [1.807, 2.05) is 26.0 Å². The van der Waals surface area contributed by atoms with Crippen molar-refractivity contribution in [3.8, 4) is 0 Å². The number of nitrogen functional groups attached to an aromatic ring is 1. The Bertz CT molecular complexity index is 583. The Morgan fingerprint density at radius 1 is 1.26 bits per heavy atom. The highest BCUT2D eigenvalue weighted by Gasteiger charge is 2.13. The molecule has 0 aromatic carbocycles. The first-order chi connectivity index (χ1) is 9.01. The van der Waals surface area contributed by atoms with Crippen molar-refractivity contribution in [2.45, 2.75) is 26.8 Å². The summed E-state index contributed by atoms with van der Waals surface area (Å²) in [6.07, 6.45) is 0. The molecule has 1 unspecified atom stereocenters. The minimum absolute atomic E-state index is 0.121. The number of nitrogens with two attached hydrogens (primary N) is 1. The number of aromatic nitrogens is 2. The van der Waals surface area contributed by atoms with E-state index in [1.165, 1.54) is 0 Å². The van der Waals surface area contributed by atoms with Crippen molar-refractivity contribution < 1.29 is 0 Å². The van der Waals surface area contributed by atoms with Gasteiger partial charge in [-0.25, -0.2) is 15.8 Å². The van der Waals surface area contributed by atoms with Gasteiger partial charge in [0.15, 0.2) is 0 Å². The number of aryl methyl sites for hydroxylation is 1. The highest BCUT2D eigenvalue weighted by atomic mass is 35.5. The molecule has 1 atom stereocenters. The molecule has 4 N–H and O–H groups in total. The molecule has 7 heteroatoms. The number of anilines is 2. The van der Waals surface area contributed by atoms with Gasteiger partial charge < -0.3 is 10.7 Å². The van der Waals surface area contributed by atoms with Gasteiger partial charge >= 0.3 is 0 Å².